The second kappa shape index (κ2) is 9.21. The monoisotopic (exact) mass is 372 g/mol. The van der Waals surface area contributed by atoms with E-state index in [1.807, 2.05) is 0 Å². The van der Waals surface area contributed by atoms with Crippen LogP contribution in [0.5, 0.6) is 0 Å². The fourth-order valence-electron chi connectivity index (χ4n) is 3.16. The third kappa shape index (κ3) is 5.10. The smallest absolute Gasteiger partial charge is 0.230 e. The van der Waals surface area contributed by atoms with Gasteiger partial charge in [0.15, 0.2) is 5.16 Å². The third-order valence-electron chi connectivity index (χ3n) is 4.79. The van der Waals surface area contributed by atoms with Crippen molar-refractivity contribution >= 4 is 17.7 Å². The predicted octanol–water partition coefficient (Wildman–Crippen LogP) is 3.58. The zero-order valence-electron chi connectivity index (χ0n) is 15.7. The molecule has 0 unspecified atom stereocenters. The Balaban J connectivity index is 1.41. The molecule has 0 saturated heterocycles. The largest absolute Gasteiger partial charge is 0.355 e. The summed E-state index contributed by atoms with van der Waals surface area (Å²) < 4.78 is 2.18. The van der Waals surface area contributed by atoms with Gasteiger partial charge in [-0.05, 0) is 36.3 Å². The lowest BCUT2D eigenvalue weighted by molar-refractivity contribution is -0.118. The first-order chi connectivity index (χ1) is 12.6. The van der Waals surface area contributed by atoms with Crippen LogP contribution in [0.4, 0.5) is 0 Å². The number of aryl methyl sites for hydroxylation is 1. The lowest BCUT2D eigenvalue weighted by atomic mass is 10.0. The van der Waals surface area contributed by atoms with Crippen molar-refractivity contribution < 1.29 is 4.79 Å². The number of carbonyl (C=O) groups excluding carboxylic acids is 1. The van der Waals surface area contributed by atoms with Crippen molar-refractivity contribution in [2.24, 2.45) is 0 Å². The second-order valence-electron chi connectivity index (χ2n) is 7.15. The number of nitrogens with zero attached hydrogens (tertiary/aromatic N) is 3. The molecule has 0 saturated carbocycles. The first-order valence-electron chi connectivity index (χ1n) is 9.54. The summed E-state index contributed by atoms with van der Waals surface area (Å²) in [6, 6.07) is 8.66. The van der Waals surface area contributed by atoms with Crippen molar-refractivity contribution in [2.75, 3.05) is 12.3 Å². The normalized spacial score (nSPS) is 14.1. The minimum atomic E-state index is 0.0553. The van der Waals surface area contributed by atoms with Gasteiger partial charge in [-0.2, -0.15) is 0 Å². The van der Waals surface area contributed by atoms with Gasteiger partial charge in [-0.1, -0.05) is 56.3 Å². The van der Waals surface area contributed by atoms with Crippen LogP contribution < -0.4 is 5.32 Å². The standard InChI is InChI=1S/C20H28N4OS/c1-15(2)17-9-7-16(8-10-17)11-12-21-19(25)14-26-20-23-22-18-6-4-3-5-13-24(18)20/h7-10,15H,3-6,11-14H2,1-2H3,(H,21,25). The molecule has 1 amide bonds. The highest BCUT2D eigenvalue weighted by atomic mass is 32.2. The maximum absolute atomic E-state index is 12.1. The van der Waals surface area contributed by atoms with Crippen LogP contribution in [0.2, 0.25) is 0 Å². The molecule has 2 aromatic rings. The van der Waals surface area contributed by atoms with Crippen molar-refractivity contribution in [3.8, 4) is 0 Å². The molecule has 0 bridgehead atoms. The van der Waals surface area contributed by atoms with Crippen molar-refractivity contribution in [1.29, 1.82) is 0 Å². The molecule has 0 spiro atoms. The molecule has 1 aliphatic heterocycles. The molecule has 26 heavy (non-hydrogen) atoms. The molecule has 1 aliphatic rings. The van der Waals surface area contributed by atoms with Crippen molar-refractivity contribution in [1.82, 2.24) is 20.1 Å². The van der Waals surface area contributed by atoms with Gasteiger partial charge in [0.1, 0.15) is 5.82 Å². The number of aromatic nitrogens is 3. The van der Waals surface area contributed by atoms with Crippen LogP contribution in [-0.2, 0) is 24.2 Å². The van der Waals surface area contributed by atoms with E-state index in [0.29, 0.717) is 18.2 Å². The highest BCUT2D eigenvalue weighted by Gasteiger charge is 2.15. The van der Waals surface area contributed by atoms with Crippen molar-refractivity contribution in [2.45, 2.75) is 63.6 Å². The molecule has 1 aromatic carbocycles. The van der Waals surface area contributed by atoms with Crippen molar-refractivity contribution in [3.63, 3.8) is 0 Å². The van der Waals surface area contributed by atoms with Crippen LogP contribution in [0.1, 0.15) is 56.0 Å². The maximum atomic E-state index is 12.1. The molecule has 5 nitrogen and oxygen atoms in total. The van der Waals surface area contributed by atoms with Gasteiger partial charge >= 0.3 is 0 Å². The summed E-state index contributed by atoms with van der Waals surface area (Å²) in [5, 5.41) is 12.4. The van der Waals surface area contributed by atoms with Crippen LogP contribution >= 0.6 is 11.8 Å². The molecule has 0 radical (unpaired) electrons. The first-order valence-corrected chi connectivity index (χ1v) is 10.5. The number of thioether (sulfide) groups is 1. The van der Waals surface area contributed by atoms with E-state index in [4.69, 9.17) is 0 Å². The number of carbonyl (C=O) groups is 1. The lowest BCUT2D eigenvalue weighted by Crippen LogP contribution is -2.27. The fraction of sp³-hybridized carbons (Fsp3) is 0.550. The van der Waals surface area contributed by atoms with Gasteiger partial charge in [-0.15, -0.1) is 10.2 Å². The Labute approximate surface area is 160 Å². The van der Waals surface area contributed by atoms with Gasteiger partial charge < -0.3 is 9.88 Å². The Hall–Kier alpha value is -1.82. The zero-order chi connectivity index (χ0) is 18.4. The van der Waals surface area contributed by atoms with Crippen LogP contribution in [0.3, 0.4) is 0 Å². The number of nitrogens with one attached hydrogen (secondary N) is 1. The van der Waals surface area contributed by atoms with Gasteiger partial charge in [-0.3, -0.25) is 4.79 Å². The molecule has 0 aliphatic carbocycles. The molecule has 1 aromatic heterocycles. The quantitative estimate of drug-likeness (QED) is 0.755. The van der Waals surface area contributed by atoms with Crippen LogP contribution in [0, 0.1) is 0 Å². The second-order valence-corrected chi connectivity index (χ2v) is 8.09. The first kappa shape index (κ1) is 19.0. The Morgan fingerprint density at radius 1 is 1.19 bits per heavy atom. The Morgan fingerprint density at radius 3 is 2.77 bits per heavy atom. The van der Waals surface area contributed by atoms with E-state index < -0.39 is 0 Å². The Kier molecular flexibility index (Phi) is 6.72. The number of hydrogen-bond donors (Lipinski definition) is 1. The number of fused-ring (bicyclic) bond motifs is 1. The number of amides is 1. The third-order valence-corrected chi connectivity index (χ3v) is 5.76. The van der Waals surface area contributed by atoms with Gasteiger partial charge in [0, 0.05) is 19.5 Å². The summed E-state index contributed by atoms with van der Waals surface area (Å²) in [6.45, 7) is 6.03. The van der Waals surface area contributed by atoms with Gasteiger partial charge in [0.2, 0.25) is 5.91 Å². The summed E-state index contributed by atoms with van der Waals surface area (Å²) in [7, 11) is 0. The topological polar surface area (TPSA) is 59.8 Å². The molecule has 2 heterocycles. The van der Waals surface area contributed by atoms with Crippen LogP contribution in [0.25, 0.3) is 0 Å². The number of benzene rings is 1. The fourth-order valence-corrected chi connectivity index (χ4v) is 3.98. The van der Waals surface area contributed by atoms with E-state index in [-0.39, 0.29) is 5.91 Å². The van der Waals surface area contributed by atoms with E-state index in [2.05, 4.69) is 58.2 Å². The Bertz CT molecular complexity index is 724. The summed E-state index contributed by atoms with van der Waals surface area (Å²) >= 11 is 1.49. The molecular weight excluding hydrogens is 344 g/mol. The van der Waals surface area contributed by atoms with E-state index >= 15 is 0 Å². The van der Waals surface area contributed by atoms with Crippen molar-refractivity contribution in [3.05, 3.63) is 41.2 Å². The predicted molar refractivity (Wildman–Crippen MR) is 106 cm³/mol. The summed E-state index contributed by atoms with van der Waals surface area (Å²) in [6.07, 6.45) is 5.44. The SMILES string of the molecule is CC(C)c1ccc(CCNC(=O)CSc2nnc3n2CCCCC3)cc1. The molecule has 1 N–H and O–H groups in total. The summed E-state index contributed by atoms with van der Waals surface area (Å²) in [4.78, 5) is 12.1. The van der Waals surface area contributed by atoms with E-state index in [1.54, 1.807) is 0 Å². The zero-order valence-corrected chi connectivity index (χ0v) is 16.5. The summed E-state index contributed by atoms with van der Waals surface area (Å²) in [5.41, 5.74) is 2.60. The average molecular weight is 373 g/mol. The van der Waals surface area contributed by atoms with Gasteiger partial charge in [0.25, 0.3) is 0 Å². The summed E-state index contributed by atoms with van der Waals surface area (Å²) in [5.74, 6) is 2.06. The lowest BCUT2D eigenvalue weighted by Gasteiger charge is -2.08. The van der Waals surface area contributed by atoms with Gasteiger partial charge in [0.05, 0.1) is 5.75 Å². The van der Waals surface area contributed by atoms with E-state index in [0.717, 1.165) is 30.4 Å². The molecule has 3 rings (SSSR count). The van der Waals surface area contributed by atoms with Gasteiger partial charge in [-0.25, -0.2) is 0 Å². The van der Waals surface area contributed by atoms with E-state index in [9.17, 15) is 4.79 Å². The molecule has 6 heteroatoms. The number of rotatable bonds is 7. The maximum Gasteiger partial charge on any atom is 0.230 e. The average Bonchev–Trinajstić information content (AvgIpc) is 2.86. The van der Waals surface area contributed by atoms with E-state index in [1.165, 1.54) is 42.2 Å². The molecular formula is C20H28N4OS. The highest BCUT2D eigenvalue weighted by Crippen LogP contribution is 2.21. The molecule has 140 valence electrons. The minimum absolute atomic E-state index is 0.0553. The molecule has 0 atom stereocenters. The Morgan fingerprint density at radius 2 is 2.00 bits per heavy atom. The number of hydrogen-bond acceptors (Lipinski definition) is 4. The minimum Gasteiger partial charge on any atom is -0.355 e. The van der Waals surface area contributed by atoms with Crippen LogP contribution in [0.15, 0.2) is 29.4 Å². The highest BCUT2D eigenvalue weighted by molar-refractivity contribution is 7.99. The molecule has 0 fully saturated rings. The van der Waals surface area contributed by atoms with Crippen LogP contribution in [-0.4, -0.2) is 33.0 Å².